The fraction of sp³-hybridized carbons (Fsp3) is 0.333. The first-order chi connectivity index (χ1) is 12.6. The molecule has 1 aromatic carbocycles. The fourth-order valence-electron chi connectivity index (χ4n) is 3.22. The molecule has 0 bridgehead atoms. The lowest BCUT2D eigenvalue weighted by molar-refractivity contribution is -0.158. The van der Waals surface area contributed by atoms with Gasteiger partial charge in [0.1, 0.15) is 17.1 Å². The molecule has 2 aromatic rings. The van der Waals surface area contributed by atoms with E-state index in [0.29, 0.717) is 42.5 Å². The largest absolute Gasteiger partial charge is 0.458 e. The van der Waals surface area contributed by atoms with Crippen LogP contribution in [0.5, 0.6) is 0 Å². The van der Waals surface area contributed by atoms with E-state index >= 15 is 0 Å². The molecule has 26 heavy (non-hydrogen) atoms. The van der Waals surface area contributed by atoms with Crippen LogP contribution in [0.2, 0.25) is 5.15 Å². The van der Waals surface area contributed by atoms with E-state index < -0.39 is 18.0 Å². The van der Waals surface area contributed by atoms with Crippen LogP contribution in [0.3, 0.4) is 0 Å². The average molecular weight is 374 g/mol. The monoisotopic (exact) mass is 373 g/mol. The minimum atomic E-state index is -0.905. The van der Waals surface area contributed by atoms with Crippen LogP contribution < -0.4 is 4.90 Å². The van der Waals surface area contributed by atoms with Crippen LogP contribution in [-0.2, 0) is 20.7 Å². The number of rotatable bonds is 3. The summed E-state index contributed by atoms with van der Waals surface area (Å²) in [5.74, 6) is -0.359. The first-order valence-electron chi connectivity index (χ1n) is 8.32. The van der Waals surface area contributed by atoms with Crippen LogP contribution in [0.15, 0.2) is 36.7 Å². The quantitative estimate of drug-likeness (QED) is 0.761. The van der Waals surface area contributed by atoms with Gasteiger partial charge < -0.3 is 14.4 Å². The summed E-state index contributed by atoms with van der Waals surface area (Å²) < 4.78 is 10.8. The number of benzene rings is 1. The molecule has 7 nitrogen and oxygen atoms in total. The Hall–Kier alpha value is -2.67. The predicted molar refractivity (Wildman–Crippen MR) is 93.1 cm³/mol. The van der Waals surface area contributed by atoms with Crippen LogP contribution in [-0.4, -0.2) is 47.2 Å². The highest BCUT2D eigenvalue weighted by Gasteiger charge is 2.35. The number of esters is 2. The Morgan fingerprint density at radius 3 is 3.00 bits per heavy atom. The van der Waals surface area contributed by atoms with Crippen molar-refractivity contribution in [3.05, 3.63) is 52.9 Å². The Morgan fingerprint density at radius 1 is 1.31 bits per heavy atom. The van der Waals surface area contributed by atoms with Gasteiger partial charge in [0, 0.05) is 19.4 Å². The van der Waals surface area contributed by atoms with Crippen molar-refractivity contribution in [2.75, 3.05) is 18.0 Å². The minimum Gasteiger partial charge on any atom is -0.458 e. The Bertz CT molecular complexity index is 860. The van der Waals surface area contributed by atoms with Crippen molar-refractivity contribution in [2.24, 2.45) is 0 Å². The molecule has 0 N–H and O–H groups in total. The molecule has 0 unspecified atom stereocenters. The molecule has 1 aromatic heterocycles. The lowest BCUT2D eigenvalue weighted by Gasteiger charge is -2.24. The van der Waals surface area contributed by atoms with E-state index in [1.807, 2.05) is 17.0 Å². The van der Waals surface area contributed by atoms with Crippen molar-refractivity contribution in [2.45, 2.75) is 25.0 Å². The maximum absolute atomic E-state index is 12.4. The number of hydrogen-bond donors (Lipinski definition) is 0. The zero-order valence-electron chi connectivity index (χ0n) is 13.8. The second-order valence-electron chi connectivity index (χ2n) is 6.25. The van der Waals surface area contributed by atoms with Crippen LogP contribution in [0.1, 0.15) is 22.3 Å². The fourth-order valence-corrected chi connectivity index (χ4v) is 3.36. The smallest absolute Gasteiger partial charge is 0.348 e. The molecular formula is C18H16ClN3O4. The van der Waals surface area contributed by atoms with E-state index in [9.17, 15) is 9.59 Å². The maximum Gasteiger partial charge on any atom is 0.348 e. The standard InChI is InChI=1S/C18H16ClN3O4/c19-15-8-20-9-16(21-15)22-6-5-12(10-22)25-18(24)14-7-11-3-1-2-4-13(11)17(23)26-14/h1-4,8-9,12,14H,5-7,10H2/t12-,14+/m1/s1. The number of ether oxygens (including phenoxy) is 2. The van der Waals surface area contributed by atoms with Crippen molar-refractivity contribution < 1.29 is 19.1 Å². The van der Waals surface area contributed by atoms with Gasteiger partial charge in [-0.2, -0.15) is 0 Å². The van der Waals surface area contributed by atoms with Gasteiger partial charge in [-0.3, -0.25) is 4.98 Å². The Balaban J connectivity index is 1.38. The van der Waals surface area contributed by atoms with Crippen molar-refractivity contribution in [3.8, 4) is 0 Å². The highest BCUT2D eigenvalue weighted by molar-refractivity contribution is 6.29. The van der Waals surface area contributed by atoms with E-state index in [0.717, 1.165) is 5.56 Å². The van der Waals surface area contributed by atoms with E-state index in [1.54, 1.807) is 18.3 Å². The maximum atomic E-state index is 12.4. The second-order valence-corrected chi connectivity index (χ2v) is 6.64. The molecule has 3 heterocycles. The molecule has 0 amide bonds. The topological polar surface area (TPSA) is 81.6 Å². The molecule has 134 valence electrons. The molecule has 4 rings (SSSR count). The van der Waals surface area contributed by atoms with Gasteiger partial charge in [-0.05, 0) is 11.6 Å². The first kappa shape index (κ1) is 16.8. The molecule has 2 aliphatic rings. The number of cyclic esters (lactones) is 1. The molecule has 0 spiro atoms. The summed E-state index contributed by atoms with van der Waals surface area (Å²) >= 11 is 5.87. The third kappa shape index (κ3) is 3.35. The number of hydrogen-bond acceptors (Lipinski definition) is 7. The highest BCUT2D eigenvalue weighted by Crippen LogP contribution is 2.24. The lowest BCUT2D eigenvalue weighted by atomic mass is 9.99. The molecule has 2 atom stereocenters. The zero-order valence-corrected chi connectivity index (χ0v) is 14.6. The number of carbonyl (C=O) groups is 2. The molecule has 0 saturated carbocycles. The number of fused-ring (bicyclic) bond motifs is 1. The second kappa shape index (κ2) is 6.92. The van der Waals surface area contributed by atoms with Gasteiger partial charge in [-0.15, -0.1) is 0 Å². The van der Waals surface area contributed by atoms with Gasteiger partial charge in [0.05, 0.1) is 24.5 Å². The number of carbonyl (C=O) groups excluding carboxylic acids is 2. The Morgan fingerprint density at radius 2 is 2.15 bits per heavy atom. The third-order valence-corrected chi connectivity index (χ3v) is 4.68. The molecule has 1 fully saturated rings. The Kier molecular flexibility index (Phi) is 4.46. The summed E-state index contributed by atoms with van der Waals surface area (Å²) in [4.78, 5) is 34.7. The van der Waals surface area contributed by atoms with Crippen LogP contribution >= 0.6 is 11.6 Å². The van der Waals surface area contributed by atoms with Gasteiger partial charge in [0.25, 0.3) is 0 Å². The lowest BCUT2D eigenvalue weighted by Crippen LogP contribution is -2.38. The van der Waals surface area contributed by atoms with Crippen molar-refractivity contribution in [1.29, 1.82) is 0 Å². The summed E-state index contributed by atoms with van der Waals surface area (Å²) in [7, 11) is 0. The molecule has 0 radical (unpaired) electrons. The summed E-state index contributed by atoms with van der Waals surface area (Å²) in [6.07, 6.45) is 2.88. The predicted octanol–water partition coefficient (Wildman–Crippen LogP) is 2.03. The van der Waals surface area contributed by atoms with Gasteiger partial charge in [0.2, 0.25) is 6.10 Å². The normalized spacial score (nSPS) is 21.9. The number of halogens is 1. The summed E-state index contributed by atoms with van der Waals surface area (Å²) in [6, 6.07) is 7.12. The summed E-state index contributed by atoms with van der Waals surface area (Å²) in [5, 5.41) is 0.315. The molecule has 2 aliphatic heterocycles. The van der Waals surface area contributed by atoms with Gasteiger partial charge in [0.15, 0.2) is 0 Å². The Labute approximate surface area is 154 Å². The molecular weight excluding hydrogens is 358 g/mol. The van der Waals surface area contributed by atoms with Gasteiger partial charge >= 0.3 is 11.9 Å². The van der Waals surface area contributed by atoms with Crippen LogP contribution in [0.25, 0.3) is 0 Å². The van der Waals surface area contributed by atoms with Crippen LogP contribution in [0.4, 0.5) is 5.82 Å². The summed E-state index contributed by atoms with van der Waals surface area (Å²) in [6.45, 7) is 1.18. The SMILES string of the molecule is O=C1O[C@H](C(=O)O[C@@H]2CCN(c3cncc(Cl)n3)C2)Cc2ccccc21. The number of nitrogens with zero attached hydrogens (tertiary/aromatic N) is 3. The van der Waals surface area contributed by atoms with Crippen molar-refractivity contribution >= 4 is 29.4 Å². The van der Waals surface area contributed by atoms with Crippen molar-refractivity contribution in [3.63, 3.8) is 0 Å². The van der Waals surface area contributed by atoms with Crippen LogP contribution in [0, 0.1) is 0 Å². The molecule has 0 aliphatic carbocycles. The molecule has 8 heteroatoms. The van der Waals surface area contributed by atoms with E-state index in [1.165, 1.54) is 6.20 Å². The average Bonchev–Trinajstić information content (AvgIpc) is 3.10. The molecule has 1 saturated heterocycles. The van der Waals surface area contributed by atoms with Crippen molar-refractivity contribution in [1.82, 2.24) is 9.97 Å². The number of anilines is 1. The highest BCUT2D eigenvalue weighted by atomic mass is 35.5. The summed E-state index contributed by atoms with van der Waals surface area (Å²) in [5.41, 5.74) is 1.30. The van der Waals surface area contributed by atoms with E-state index in [2.05, 4.69) is 9.97 Å². The van der Waals surface area contributed by atoms with Gasteiger partial charge in [-0.25, -0.2) is 14.6 Å². The van der Waals surface area contributed by atoms with E-state index in [-0.39, 0.29) is 6.10 Å². The third-order valence-electron chi connectivity index (χ3n) is 4.50. The van der Waals surface area contributed by atoms with Gasteiger partial charge in [-0.1, -0.05) is 29.8 Å². The number of aromatic nitrogens is 2. The first-order valence-corrected chi connectivity index (χ1v) is 8.70. The minimum absolute atomic E-state index is 0.292. The van der Waals surface area contributed by atoms with E-state index in [4.69, 9.17) is 21.1 Å². The zero-order chi connectivity index (χ0) is 18.1.